The van der Waals surface area contributed by atoms with E-state index in [2.05, 4.69) is 15.9 Å². The van der Waals surface area contributed by atoms with Crippen LogP contribution in [0.1, 0.15) is 11.1 Å². The van der Waals surface area contributed by atoms with Crippen molar-refractivity contribution in [2.45, 2.75) is 13.8 Å². The van der Waals surface area contributed by atoms with Crippen LogP contribution in [-0.4, -0.2) is 12.2 Å². The third-order valence-electron chi connectivity index (χ3n) is 1.83. The SMILES string of the molecule is COc1c(C)c(Br)cc(C)c1O. The van der Waals surface area contributed by atoms with Gasteiger partial charge in [-0.05, 0) is 25.5 Å². The quantitative estimate of drug-likeness (QED) is 0.805. The van der Waals surface area contributed by atoms with Crippen molar-refractivity contribution in [1.29, 1.82) is 0 Å². The lowest BCUT2D eigenvalue weighted by Crippen LogP contribution is -1.90. The largest absolute Gasteiger partial charge is 0.504 e. The summed E-state index contributed by atoms with van der Waals surface area (Å²) in [7, 11) is 1.55. The van der Waals surface area contributed by atoms with E-state index >= 15 is 0 Å². The van der Waals surface area contributed by atoms with Crippen molar-refractivity contribution in [2.24, 2.45) is 0 Å². The number of phenols is 1. The van der Waals surface area contributed by atoms with Crippen LogP contribution in [0.25, 0.3) is 0 Å². The molecule has 66 valence electrons. The topological polar surface area (TPSA) is 29.5 Å². The Labute approximate surface area is 80.3 Å². The van der Waals surface area contributed by atoms with Gasteiger partial charge in [-0.3, -0.25) is 0 Å². The maximum absolute atomic E-state index is 9.56. The third kappa shape index (κ3) is 1.41. The van der Waals surface area contributed by atoms with Gasteiger partial charge < -0.3 is 9.84 Å². The molecule has 3 heteroatoms. The molecular formula is C9H11BrO2. The van der Waals surface area contributed by atoms with Crippen LogP contribution in [0.4, 0.5) is 0 Å². The van der Waals surface area contributed by atoms with E-state index < -0.39 is 0 Å². The highest BCUT2D eigenvalue weighted by atomic mass is 79.9. The molecule has 1 aromatic rings. The minimum atomic E-state index is 0.221. The summed E-state index contributed by atoms with van der Waals surface area (Å²) in [5, 5.41) is 9.56. The molecule has 0 spiro atoms. The van der Waals surface area contributed by atoms with Gasteiger partial charge in [0, 0.05) is 10.0 Å². The van der Waals surface area contributed by atoms with Crippen LogP contribution < -0.4 is 4.74 Å². The summed E-state index contributed by atoms with van der Waals surface area (Å²) < 4.78 is 6.01. The van der Waals surface area contributed by atoms with E-state index in [4.69, 9.17) is 4.74 Å². The second-order valence-corrected chi connectivity index (χ2v) is 3.54. The Hall–Kier alpha value is -0.700. The van der Waals surface area contributed by atoms with E-state index in [9.17, 15) is 5.11 Å². The normalized spacial score (nSPS) is 10.0. The molecule has 0 amide bonds. The molecule has 0 heterocycles. The van der Waals surface area contributed by atoms with E-state index in [1.54, 1.807) is 7.11 Å². The Kier molecular flexibility index (Phi) is 2.62. The molecule has 0 radical (unpaired) electrons. The number of phenolic OH excluding ortho intramolecular Hbond substituents is 1. The number of ether oxygens (including phenoxy) is 1. The third-order valence-corrected chi connectivity index (χ3v) is 2.66. The molecule has 0 fully saturated rings. The van der Waals surface area contributed by atoms with Crippen molar-refractivity contribution in [1.82, 2.24) is 0 Å². The van der Waals surface area contributed by atoms with Gasteiger partial charge in [0.1, 0.15) is 0 Å². The van der Waals surface area contributed by atoms with E-state index in [0.29, 0.717) is 5.75 Å². The molecule has 0 atom stereocenters. The molecule has 0 bridgehead atoms. The first-order valence-electron chi connectivity index (χ1n) is 3.60. The number of methoxy groups -OCH3 is 1. The molecule has 2 nitrogen and oxygen atoms in total. The number of benzene rings is 1. The standard InChI is InChI=1S/C9H11BrO2/c1-5-4-7(10)6(2)9(12-3)8(5)11/h4,11H,1-3H3. The molecule has 1 aromatic carbocycles. The number of aryl methyl sites for hydroxylation is 1. The van der Waals surface area contributed by atoms with Crippen LogP contribution in [0.2, 0.25) is 0 Å². The van der Waals surface area contributed by atoms with Gasteiger partial charge in [-0.2, -0.15) is 0 Å². The average molecular weight is 231 g/mol. The Balaban J connectivity index is 3.42. The molecule has 0 aliphatic heterocycles. The fourth-order valence-corrected chi connectivity index (χ4v) is 1.61. The molecule has 0 aromatic heterocycles. The minimum Gasteiger partial charge on any atom is -0.504 e. The van der Waals surface area contributed by atoms with Crippen molar-refractivity contribution >= 4 is 15.9 Å². The molecule has 0 unspecified atom stereocenters. The summed E-state index contributed by atoms with van der Waals surface area (Å²) in [6.07, 6.45) is 0. The lowest BCUT2D eigenvalue weighted by atomic mass is 10.1. The van der Waals surface area contributed by atoms with E-state index in [0.717, 1.165) is 15.6 Å². The predicted octanol–water partition coefficient (Wildman–Crippen LogP) is 2.78. The van der Waals surface area contributed by atoms with Gasteiger partial charge in [-0.15, -0.1) is 0 Å². The zero-order valence-corrected chi connectivity index (χ0v) is 8.90. The molecular weight excluding hydrogens is 220 g/mol. The maximum atomic E-state index is 9.56. The van der Waals surface area contributed by atoms with Gasteiger partial charge in [0.2, 0.25) is 0 Å². The lowest BCUT2D eigenvalue weighted by molar-refractivity contribution is 0.369. The van der Waals surface area contributed by atoms with Gasteiger partial charge in [-0.1, -0.05) is 15.9 Å². The molecule has 1 rings (SSSR count). The monoisotopic (exact) mass is 230 g/mol. The van der Waals surface area contributed by atoms with Crippen molar-refractivity contribution in [2.75, 3.05) is 7.11 Å². The van der Waals surface area contributed by atoms with Crippen molar-refractivity contribution in [3.8, 4) is 11.5 Å². The summed E-state index contributed by atoms with van der Waals surface area (Å²) in [4.78, 5) is 0. The van der Waals surface area contributed by atoms with Crippen LogP contribution >= 0.6 is 15.9 Å². The van der Waals surface area contributed by atoms with Crippen LogP contribution in [0.3, 0.4) is 0 Å². The molecule has 0 aliphatic rings. The van der Waals surface area contributed by atoms with E-state index in [-0.39, 0.29) is 5.75 Å². The molecule has 0 saturated heterocycles. The first-order valence-corrected chi connectivity index (χ1v) is 4.40. The Morgan fingerprint density at radius 1 is 1.42 bits per heavy atom. The highest BCUT2D eigenvalue weighted by molar-refractivity contribution is 9.10. The highest BCUT2D eigenvalue weighted by Gasteiger charge is 2.10. The number of hydrogen-bond acceptors (Lipinski definition) is 2. The first-order chi connectivity index (χ1) is 5.57. The Morgan fingerprint density at radius 3 is 2.50 bits per heavy atom. The van der Waals surface area contributed by atoms with Crippen molar-refractivity contribution in [3.63, 3.8) is 0 Å². The second-order valence-electron chi connectivity index (χ2n) is 2.68. The Bertz CT molecular complexity index is 282. The molecule has 0 saturated carbocycles. The maximum Gasteiger partial charge on any atom is 0.164 e. The summed E-state index contributed by atoms with van der Waals surface area (Å²) in [6, 6.07) is 1.87. The summed E-state index contributed by atoms with van der Waals surface area (Å²) in [5.41, 5.74) is 1.73. The molecule has 1 N–H and O–H groups in total. The predicted molar refractivity (Wildman–Crippen MR) is 51.8 cm³/mol. The van der Waals surface area contributed by atoms with Gasteiger partial charge in [0.05, 0.1) is 7.11 Å². The van der Waals surface area contributed by atoms with Crippen molar-refractivity contribution in [3.05, 3.63) is 21.7 Å². The van der Waals surface area contributed by atoms with Crippen LogP contribution in [0.5, 0.6) is 11.5 Å². The number of aromatic hydroxyl groups is 1. The van der Waals surface area contributed by atoms with Crippen molar-refractivity contribution < 1.29 is 9.84 Å². The van der Waals surface area contributed by atoms with Gasteiger partial charge in [0.25, 0.3) is 0 Å². The number of hydrogen-bond donors (Lipinski definition) is 1. The van der Waals surface area contributed by atoms with Crippen LogP contribution in [-0.2, 0) is 0 Å². The van der Waals surface area contributed by atoms with Crippen LogP contribution in [0, 0.1) is 13.8 Å². The first kappa shape index (κ1) is 9.39. The Morgan fingerprint density at radius 2 is 2.00 bits per heavy atom. The van der Waals surface area contributed by atoms with E-state index in [1.807, 2.05) is 19.9 Å². The average Bonchev–Trinajstić information content (AvgIpc) is 2.02. The summed E-state index contributed by atoms with van der Waals surface area (Å²) >= 11 is 3.38. The zero-order valence-electron chi connectivity index (χ0n) is 7.31. The van der Waals surface area contributed by atoms with Crippen LogP contribution in [0.15, 0.2) is 10.5 Å². The fraction of sp³-hybridized carbons (Fsp3) is 0.333. The minimum absolute atomic E-state index is 0.221. The number of rotatable bonds is 1. The zero-order chi connectivity index (χ0) is 9.30. The lowest BCUT2D eigenvalue weighted by Gasteiger charge is -2.10. The summed E-state index contributed by atoms with van der Waals surface area (Å²) in [6.45, 7) is 3.73. The van der Waals surface area contributed by atoms with Gasteiger partial charge in [0.15, 0.2) is 11.5 Å². The smallest absolute Gasteiger partial charge is 0.164 e. The highest BCUT2D eigenvalue weighted by Crippen LogP contribution is 2.37. The molecule has 12 heavy (non-hydrogen) atoms. The number of halogens is 1. The van der Waals surface area contributed by atoms with E-state index in [1.165, 1.54) is 0 Å². The fourth-order valence-electron chi connectivity index (χ4n) is 1.08. The second kappa shape index (κ2) is 3.35. The van der Waals surface area contributed by atoms with Gasteiger partial charge >= 0.3 is 0 Å². The summed E-state index contributed by atoms with van der Waals surface area (Å²) in [5.74, 6) is 0.764. The molecule has 0 aliphatic carbocycles. The van der Waals surface area contributed by atoms with Gasteiger partial charge in [-0.25, -0.2) is 0 Å².